The summed E-state index contributed by atoms with van der Waals surface area (Å²) in [6, 6.07) is 16.5. The first-order valence-corrected chi connectivity index (χ1v) is 14.0. The van der Waals surface area contributed by atoms with E-state index < -0.39 is 5.60 Å². The normalized spacial score (nSPS) is 23.1. The molecule has 1 aromatic heterocycles. The van der Waals surface area contributed by atoms with Crippen molar-refractivity contribution < 1.29 is 9.53 Å². The van der Waals surface area contributed by atoms with Gasteiger partial charge in [0, 0.05) is 25.3 Å². The predicted octanol–water partition coefficient (Wildman–Crippen LogP) is 6.92. The van der Waals surface area contributed by atoms with Crippen molar-refractivity contribution >= 4 is 34.2 Å². The Kier molecular flexibility index (Phi) is 7.73. The fourth-order valence-corrected chi connectivity index (χ4v) is 6.30. The first-order valence-electron chi connectivity index (χ1n) is 13.7. The second-order valence-electron chi connectivity index (χ2n) is 11.2. The third-order valence-corrected chi connectivity index (χ3v) is 8.48. The van der Waals surface area contributed by atoms with E-state index in [0.29, 0.717) is 10.9 Å². The Morgan fingerprint density at radius 3 is 2.68 bits per heavy atom. The van der Waals surface area contributed by atoms with Gasteiger partial charge in [-0.05, 0) is 68.5 Å². The number of hydrogen-bond donors (Lipinski definition) is 1. The zero-order valence-corrected chi connectivity index (χ0v) is 22.9. The number of allylic oxidation sites excluding steroid dienone is 1. The van der Waals surface area contributed by atoms with E-state index in [1.165, 1.54) is 17.6 Å². The Hall–Kier alpha value is -2.63. The number of rotatable bonds is 10. The maximum absolute atomic E-state index is 12.8. The molecule has 3 aliphatic carbocycles. The number of aromatic nitrogens is 2. The van der Waals surface area contributed by atoms with Gasteiger partial charge in [-0.1, -0.05) is 67.9 Å². The molecule has 196 valence electrons. The minimum atomic E-state index is -0.410. The van der Waals surface area contributed by atoms with Crippen molar-refractivity contribution in [3.63, 3.8) is 0 Å². The quantitative estimate of drug-likeness (QED) is 0.295. The number of ether oxygens (including phenoxy) is 1. The van der Waals surface area contributed by atoms with Crippen LogP contribution in [0.2, 0.25) is 5.02 Å². The maximum Gasteiger partial charge on any atom is 0.308 e. The fraction of sp³-hybridized carbons (Fsp3) is 0.484. The Balaban J connectivity index is 1.23. The van der Waals surface area contributed by atoms with Crippen LogP contribution in [0.3, 0.4) is 0 Å². The summed E-state index contributed by atoms with van der Waals surface area (Å²) in [4.78, 5) is 23.3. The van der Waals surface area contributed by atoms with E-state index in [-0.39, 0.29) is 17.8 Å². The van der Waals surface area contributed by atoms with Crippen LogP contribution in [0.25, 0.3) is 16.6 Å². The maximum atomic E-state index is 12.8. The highest BCUT2D eigenvalue weighted by atomic mass is 35.5. The largest absolute Gasteiger partial charge is 0.458 e. The van der Waals surface area contributed by atoms with Crippen molar-refractivity contribution in [1.82, 2.24) is 14.9 Å². The lowest BCUT2D eigenvalue weighted by Crippen LogP contribution is -2.51. The van der Waals surface area contributed by atoms with E-state index >= 15 is 0 Å². The van der Waals surface area contributed by atoms with Crippen molar-refractivity contribution in [2.45, 2.75) is 58.0 Å². The SMILES string of the molecule is CC(C)C(=O)O[C@@]1(CCN(C)CCCc2nc3c(Cl)cccc3[nH]2)C[C@H]2CC[C@H]1C=C2c1ccccc1. The number of carbonyl (C=O) groups excluding carboxylic acids is 1. The molecule has 0 unspecified atom stereocenters. The van der Waals surface area contributed by atoms with Crippen LogP contribution in [0.15, 0.2) is 54.6 Å². The number of esters is 1. The van der Waals surface area contributed by atoms with Crippen molar-refractivity contribution in [2.24, 2.45) is 17.8 Å². The van der Waals surface area contributed by atoms with Gasteiger partial charge in [-0.25, -0.2) is 4.98 Å². The van der Waals surface area contributed by atoms with Gasteiger partial charge in [-0.2, -0.15) is 0 Å². The molecule has 0 radical (unpaired) electrons. The molecule has 3 aliphatic rings. The summed E-state index contributed by atoms with van der Waals surface area (Å²) >= 11 is 6.28. The van der Waals surface area contributed by atoms with Gasteiger partial charge in [-0.15, -0.1) is 0 Å². The molecule has 0 spiro atoms. The van der Waals surface area contributed by atoms with E-state index in [9.17, 15) is 4.79 Å². The summed E-state index contributed by atoms with van der Waals surface area (Å²) in [5.41, 5.74) is 4.17. The highest BCUT2D eigenvalue weighted by Crippen LogP contribution is 2.53. The number of aromatic amines is 1. The molecule has 37 heavy (non-hydrogen) atoms. The third kappa shape index (κ3) is 5.63. The molecule has 2 aromatic carbocycles. The number of halogens is 1. The molecule has 6 heteroatoms. The fourth-order valence-electron chi connectivity index (χ4n) is 6.08. The van der Waals surface area contributed by atoms with Gasteiger partial charge >= 0.3 is 5.97 Å². The number of nitrogens with zero attached hydrogens (tertiary/aromatic N) is 2. The Morgan fingerprint density at radius 1 is 1.16 bits per heavy atom. The van der Waals surface area contributed by atoms with Crippen LogP contribution in [-0.2, 0) is 16.0 Å². The lowest BCUT2D eigenvalue weighted by Gasteiger charge is -2.50. The molecule has 1 fully saturated rings. The molecule has 1 saturated carbocycles. The van der Waals surface area contributed by atoms with Crippen LogP contribution in [0, 0.1) is 17.8 Å². The molecule has 1 N–H and O–H groups in total. The van der Waals surface area contributed by atoms with Gasteiger partial charge in [0.2, 0.25) is 0 Å². The molecular weight excluding hydrogens is 482 g/mol. The molecular formula is C31H38ClN3O2. The number of hydrogen-bond acceptors (Lipinski definition) is 4. The predicted molar refractivity (Wildman–Crippen MR) is 150 cm³/mol. The van der Waals surface area contributed by atoms with Crippen molar-refractivity contribution in [3.05, 3.63) is 71.0 Å². The summed E-state index contributed by atoms with van der Waals surface area (Å²) in [5, 5.41) is 0.685. The number of H-pyrrole nitrogens is 1. The second-order valence-corrected chi connectivity index (χ2v) is 11.6. The van der Waals surface area contributed by atoms with Crippen LogP contribution in [0.1, 0.15) is 57.3 Å². The number of imidazole rings is 1. The van der Waals surface area contributed by atoms with E-state index in [2.05, 4.69) is 58.3 Å². The van der Waals surface area contributed by atoms with E-state index in [1.54, 1.807) is 0 Å². The molecule has 3 atom stereocenters. The van der Waals surface area contributed by atoms with Gasteiger partial charge in [0.15, 0.2) is 0 Å². The van der Waals surface area contributed by atoms with Gasteiger partial charge in [0.25, 0.3) is 0 Å². The summed E-state index contributed by atoms with van der Waals surface area (Å²) < 4.78 is 6.39. The summed E-state index contributed by atoms with van der Waals surface area (Å²) in [6.45, 7) is 5.71. The van der Waals surface area contributed by atoms with E-state index in [4.69, 9.17) is 16.3 Å². The molecule has 3 aromatic rings. The molecule has 0 saturated heterocycles. The summed E-state index contributed by atoms with van der Waals surface area (Å²) in [5.74, 6) is 1.49. The zero-order chi connectivity index (χ0) is 26.0. The van der Waals surface area contributed by atoms with Crippen molar-refractivity contribution in [2.75, 3.05) is 20.1 Å². The lowest BCUT2D eigenvalue weighted by atomic mass is 9.60. The van der Waals surface area contributed by atoms with E-state index in [0.717, 1.165) is 62.1 Å². The number of nitrogens with one attached hydrogen (secondary N) is 1. The smallest absolute Gasteiger partial charge is 0.308 e. The number of fused-ring (bicyclic) bond motifs is 3. The van der Waals surface area contributed by atoms with Gasteiger partial charge in [-0.3, -0.25) is 4.79 Å². The number of aryl methyl sites for hydroxylation is 1. The summed E-state index contributed by atoms with van der Waals surface area (Å²) in [7, 11) is 2.17. The van der Waals surface area contributed by atoms with Crippen LogP contribution in [0.4, 0.5) is 0 Å². The number of carbonyl (C=O) groups is 1. The van der Waals surface area contributed by atoms with Crippen molar-refractivity contribution in [1.29, 1.82) is 0 Å². The molecule has 0 amide bonds. The minimum absolute atomic E-state index is 0.0755. The highest BCUT2D eigenvalue weighted by molar-refractivity contribution is 6.34. The average Bonchev–Trinajstić information content (AvgIpc) is 3.33. The first-order chi connectivity index (χ1) is 17.8. The number of benzene rings is 2. The Labute approximate surface area is 225 Å². The van der Waals surface area contributed by atoms with Gasteiger partial charge in [0.1, 0.15) is 16.9 Å². The van der Waals surface area contributed by atoms with Gasteiger partial charge in [0.05, 0.1) is 16.5 Å². The van der Waals surface area contributed by atoms with Crippen LogP contribution < -0.4 is 0 Å². The highest BCUT2D eigenvalue weighted by Gasteiger charge is 2.50. The zero-order valence-electron chi connectivity index (χ0n) is 22.2. The Morgan fingerprint density at radius 2 is 1.97 bits per heavy atom. The minimum Gasteiger partial charge on any atom is -0.458 e. The Bertz CT molecular complexity index is 1270. The lowest BCUT2D eigenvalue weighted by molar-refractivity contribution is -0.176. The van der Waals surface area contributed by atoms with E-state index in [1.807, 2.05) is 32.0 Å². The van der Waals surface area contributed by atoms with Crippen LogP contribution >= 0.6 is 11.6 Å². The topological polar surface area (TPSA) is 58.2 Å². The van der Waals surface area contributed by atoms with Gasteiger partial charge < -0.3 is 14.6 Å². The molecule has 5 nitrogen and oxygen atoms in total. The first kappa shape index (κ1) is 26.0. The second kappa shape index (κ2) is 11.0. The molecule has 1 heterocycles. The molecule has 6 rings (SSSR count). The molecule has 2 bridgehead atoms. The summed E-state index contributed by atoms with van der Waals surface area (Å²) in [6.07, 6.45) is 8.33. The monoisotopic (exact) mass is 519 g/mol. The number of para-hydroxylation sites is 1. The van der Waals surface area contributed by atoms with Crippen LogP contribution in [0.5, 0.6) is 0 Å². The standard InChI is InChI=1S/C31H38ClN3O2/c1-21(2)30(36)37-31(20-23-14-15-24(31)19-25(23)22-9-5-4-6-10-22)16-18-35(3)17-8-13-28-33-27-12-7-11-26(32)29(27)34-28/h4-7,9-12,19,21,23-24H,8,13-18,20H2,1-3H3,(H,33,34)/t23-,24+,31+/m1/s1. The third-order valence-electron chi connectivity index (χ3n) is 8.18. The van der Waals surface area contributed by atoms with Crippen LogP contribution in [-0.4, -0.2) is 46.6 Å². The average molecular weight is 520 g/mol. The molecule has 0 aliphatic heterocycles. The van der Waals surface area contributed by atoms with Crippen molar-refractivity contribution in [3.8, 4) is 0 Å².